The SMILES string of the molecule is CNSc1cccc(Nc2nccc(N(C)c3ccc(NC(=O)Nc4ccc(OC(F)(F)F)cc4)cc3)n2)c1. The molecule has 0 fully saturated rings. The molecule has 0 aliphatic heterocycles. The molecule has 0 bridgehead atoms. The van der Waals surface area contributed by atoms with E-state index >= 15 is 0 Å². The lowest BCUT2D eigenvalue weighted by molar-refractivity contribution is -0.274. The monoisotopic (exact) mass is 555 g/mol. The van der Waals surface area contributed by atoms with Crippen LogP contribution in [0.25, 0.3) is 0 Å². The molecule has 202 valence electrons. The summed E-state index contributed by atoms with van der Waals surface area (Å²) in [4.78, 5) is 24.1. The smallest absolute Gasteiger partial charge is 0.406 e. The van der Waals surface area contributed by atoms with Gasteiger partial charge in [0.25, 0.3) is 0 Å². The van der Waals surface area contributed by atoms with Crippen molar-refractivity contribution in [2.45, 2.75) is 11.3 Å². The molecule has 0 aliphatic rings. The van der Waals surface area contributed by atoms with Gasteiger partial charge in [0.2, 0.25) is 5.95 Å². The number of aromatic nitrogens is 2. The fourth-order valence-electron chi connectivity index (χ4n) is 3.41. The Morgan fingerprint density at radius 2 is 1.59 bits per heavy atom. The molecule has 9 nitrogen and oxygen atoms in total. The summed E-state index contributed by atoms with van der Waals surface area (Å²) in [5.41, 5.74) is 2.50. The first-order valence-electron chi connectivity index (χ1n) is 11.5. The van der Waals surface area contributed by atoms with Crippen molar-refractivity contribution in [3.05, 3.63) is 85.1 Å². The van der Waals surface area contributed by atoms with E-state index in [1.54, 1.807) is 24.4 Å². The van der Waals surface area contributed by atoms with Gasteiger partial charge in [0.15, 0.2) is 0 Å². The number of alkyl halides is 3. The van der Waals surface area contributed by atoms with Crippen LogP contribution in [-0.2, 0) is 0 Å². The lowest BCUT2D eigenvalue weighted by atomic mass is 10.2. The van der Waals surface area contributed by atoms with E-state index in [4.69, 9.17) is 0 Å². The summed E-state index contributed by atoms with van der Waals surface area (Å²) in [5, 5.41) is 8.44. The Bertz CT molecular complexity index is 1400. The topological polar surface area (TPSA) is 103 Å². The van der Waals surface area contributed by atoms with Gasteiger partial charge < -0.3 is 25.6 Å². The van der Waals surface area contributed by atoms with Gasteiger partial charge >= 0.3 is 12.4 Å². The summed E-state index contributed by atoms with van der Waals surface area (Å²) in [6, 6.07) is 21.0. The van der Waals surface area contributed by atoms with Crippen LogP contribution in [0.4, 0.5) is 52.5 Å². The number of urea groups is 1. The third kappa shape index (κ3) is 8.25. The zero-order chi connectivity index (χ0) is 27.8. The van der Waals surface area contributed by atoms with Crippen molar-refractivity contribution in [3.8, 4) is 5.75 Å². The maximum absolute atomic E-state index is 12.3. The molecule has 0 saturated carbocycles. The molecule has 1 aromatic heterocycles. The predicted molar refractivity (Wildman–Crippen MR) is 147 cm³/mol. The molecule has 0 spiro atoms. The number of nitrogens with one attached hydrogen (secondary N) is 4. The first-order valence-corrected chi connectivity index (χ1v) is 12.3. The van der Waals surface area contributed by atoms with Gasteiger partial charge in [0.05, 0.1) is 0 Å². The van der Waals surface area contributed by atoms with Crippen LogP contribution in [0.5, 0.6) is 5.75 Å². The summed E-state index contributed by atoms with van der Waals surface area (Å²) < 4.78 is 43.7. The molecule has 0 unspecified atom stereocenters. The van der Waals surface area contributed by atoms with E-state index in [1.807, 2.05) is 55.4 Å². The summed E-state index contributed by atoms with van der Waals surface area (Å²) in [7, 11) is 3.71. The zero-order valence-corrected chi connectivity index (χ0v) is 21.6. The first-order chi connectivity index (χ1) is 18.7. The van der Waals surface area contributed by atoms with Crippen molar-refractivity contribution < 1.29 is 22.7 Å². The fourth-order valence-corrected chi connectivity index (χ4v) is 3.98. The average Bonchev–Trinajstić information content (AvgIpc) is 2.90. The molecule has 1 heterocycles. The van der Waals surface area contributed by atoms with Crippen LogP contribution in [0.2, 0.25) is 0 Å². The molecular weight excluding hydrogens is 531 g/mol. The maximum atomic E-state index is 12.3. The number of anilines is 6. The maximum Gasteiger partial charge on any atom is 0.573 e. The molecule has 0 saturated heterocycles. The molecule has 0 atom stereocenters. The van der Waals surface area contributed by atoms with E-state index < -0.39 is 12.4 Å². The third-order valence-corrected chi connectivity index (χ3v) is 5.85. The second-order valence-electron chi connectivity index (χ2n) is 7.95. The zero-order valence-electron chi connectivity index (χ0n) is 20.8. The van der Waals surface area contributed by atoms with Gasteiger partial charge in [-0.15, -0.1) is 13.2 Å². The summed E-state index contributed by atoms with van der Waals surface area (Å²) in [6.07, 6.45) is -3.12. The highest BCUT2D eigenvalue weighted by Crippen LogP contribution is 2.26. The molecule has 0 aliphatic carbocycles. The second-order valence-corrected chi connectivity index (χ2v) is 9.04. The van der Waals surface area contributed by atoms with Crippen LogP contribution >= 0.6 is 11.9 Å². The fraction of sp³-hybridized carbons (Fsp3) is 0.115. The van der Waals surface area contributed by atoms with Crippen LogP contribution in [-0.4, -0.2) is 36.5 Å². The van der Waals surface area contributed by atoms with Crippen molar-refractivity contribution in [1.29, 1.82) is 0 Å². The predicted octanol–water partition coefficient (Wildman–Crippen LogP) is 6.76. The van der Waals surface area contributed by atoms with Crippen LogP contribution < -0.4 is 30.3 Å². The van der Waals surface area contributed by atoms with E-state index in [-0.39, 0.29) is 5.75 Å². The molecular formula is C26H24F3N7O2S. The Morgan fingerprint density at radius 1 is 0.923 bits per heavy atom. The van der Waals surface area contributed by atoms with Gasteiger partial charge in [-0.1, -0.05) is 6.07 Å². The second kappa shape index (κ2) is 12.4. The van der Waals surface area contributed by atoms with Gasteiger partial charge in [0.1, 0.15) is 11.6 Å². The Labute approximate surface area is 226 Å². The first kappa shape index (κ1) is 27.5. The minimum absolute atomic E-state index is 0.305. The Kier molecular flexibility index (Phi) is 8.74. The summed E-state index contributed by atoms with van der Waals surface area (Å²) >= 11 is 1.50. The number of ether oxygens (including phenoxy) is 1. The number of carbonyl (C=O) groups excluding carboxylic acids is 1. The van der Waals surface area contributed by atoms with E-state index in [0.717, 1.165) is 28.4 Å². The van der Waals surface area contributed by atoms with Crippen molar-refractivity contribution in [1.82, 2.24) is 14.7 Å². The lowest BCUT2D eigenvalue weighted by Gasteiger charge is -2.19. The number of carbonyl (C=O) groups is 1. The van der Waals surface area contributed by atoms with Crippen LogP contribution in [0.15, 0.2) is 90.0 Å². The Morgan fingerprint density at radius 3 is 2.23 bits per heavy atom. The number of rotatable bonds is 9. The van der Waals surface area contributed by atoms with E-state index in [0.29, 0.717) is 23.1 Å². The lowest BCUT2D eigenvalue weighted by Crippen LogP contribution is -2.20. The molecule has 4 N–H and O–H groups in total. The van der Waals surface area contributed by atoms with Gasteiger partial charge in [-0.3, -0.25) is 4.72 Å². The normalized spacial score (nSPS) is 11.0. The Hall–Kier alpha value is -4.49. The van der Waals surface area contributed by atoms with Crippen molar-refractivity contribution >= 4 is 52.5 Å². The number of benzene rings is 3. The molecule has 39 heavy (non-hydrogen) atoms. The Balaban J connectivity index is 1.35. The summed E-state index contributed by atoms with van der Waals surface area (Å²) in [6.45, 7) is 0. The van der Waals surface area contributed by atoms with E-state index in [2.05, 4.69) is 35.4 Å². The van der Waals surface area contributed by atoms with Crippen molar-refractivity contribution in [2.75, 3.05) is 34.9 Å². The number of nitrogens with zero attached hydrogens (tertiary/aromatic N) is 3. The quantitative estimate of drug-likeness (QED) is 0.168. The van der Waals surface area contributed by atoms with Gasteiger partial charge in [0, 0.05) is 40.9 Å². The molecule has 2 amide bonds. The standard InChI is InChI=1S/C26H24F3N7O2S/c1-30-39-22-5-3-4-19(16-22)32-24-31-15-14-23(35-24)36(2)20-10-6-17(7-11-20)33-25(37)34-18-8-12-21(13-9-18)38-26(27,28)29/h3-16,30H,1-2H3,(H,31,32,35)(H2,33,34,37). The molecule has 4 rings (SSSR count). The summed E-state index contributed by atoms with van der Waals surface area (Å²) in [5.74, 6) is 0.723. The highest BCUT2D eigenvalue weighted by atomic mass is 32.2. The highest BCUT2D eigenvalue weighted by Gasteiger charge is 2.31. The van der Waals surface area contributed by atoms with Crippen molar-refractivity contribution in [3.63, 3.8) is 0 Å². The van der Waals surface area contributed by atoms with Crippen LogP contribution in [0.1, 0.15) is 0 Å². The number of hydrogen-bond acceptors (Lipinski definition) is 8. The van der Waals surface area contributed by atoms with E-state index in [1.165, 1.54) is 24.1 Å². The minimum atomic E-state index is -4.78. The van der Waals surface area contributed by atoms with Gasteiger partial charge in [-0.2, -0.15) is 4.98 Å². The van der Waals surface area contributed by atoms with Crippen LogP contribution in [0.3, 0.4) is 0 Å². The number of hydrogen-bond donors (Lipinski definition) is 4. The largest absolute Gasteiger partial charge is 0.573 e. The van der Waals surface area contributed by atoms with Crippen LogP contribution in [0, 0.1) is 0 Å². The van der Waals surface area contributed by atoms with Gasteiger partial charge in [-0.25, -0.2) is 9.78 Å². The van der Waals surface area contributed by atoms with E-state index in [9.17, 15) is 18.0 Å². The highest BCUT2D eigenvalue weighted by molar-refractivity contribution is 7.97. The molecule has 13 heteroatoms. The molecule has 4 aromatic rings. The number of amides is 2. The average molecular weight is 556 g/mol. The van der Waals surface area contributed by atoms with Gasteiger partial charge in [-0.05, 0) is 91.8 Å². The minimum Gasteiger partial charge on any atom is -0.406 e. The third-order valence-electron chi connectivity index (χ3n) is 5.15. The molecule has 3 aromatic carbocycles. The molecule has 0 radical (unpaired) electrons. The number of halogens is 3. The van der Waals surface area contributed by atoms with Crippen molar-refractivity contribution in [2.24, 2.45) is 0 Å².